The van der Waals surface area contributed by atoms with E-state index in [1.807, 2.05) is 0 Å². The molecule has 0 aliphatic heterocycles. The fourth-order valence-corrected chi connectivity index (χ4v) is 4.28. The van der Waals surface area contributed by atoms with E-state index >= 15 is 0 Å². The lowest BCUT2D eigenvalue weighted by molar-refractivity contribution is -0.139. The van der Waals surface area contributed by atoms with Gasteiger partial charge >= 0.3 is 6.18 Å². The highest BCUT2D eigenvalue weighted by molar-refractivity contribution is 7.90. The summed E-state index contributed by atoms with van der Waals surface area (Å²) in [5.41, 5.74) is -5.08. The van der Waals surface area contributed by atoms with Crippen molar-refractivity contribution in [1.29, 1.82) is 0 Å². The first-order valence-electron chi connectivity index (χ1n) is 9.90. The number of hydrogen-bond donors (Lipinski definition) is 1. The fourth-order valence-electron chi connectivity index (χ4n) is 3.68. The average molecular weight is 516 g/mol. The molecule has 1 amide bonds. The number of halogens is 7. The topological polar surface area (TPSA) is 94.0 Å². The van der Waals surface area contributed by atoms with Crippen LogP contribution in [0.15, 0.2) is 23.4 Å². The molecule has 1 fully saturated rings. The number of nitrogens with zero attached hydrogens (tertiary/aromatic N) is 3. The van der Waals surface area contributed by atoms with Crippen molar-refractivity contribution in [3.8, 4) is 0 Å². The normalized spacial score (nSPS) is 17.2. The third-order valence-corrected chi connectivity index (χ3v) is 6.31. The van der Waals surface area contributed by atoms with E-state index in [1.54, 1.807) is 0 Å². The van der Waals surface area contributed by atoms with E-state index in [2.05, 4.69) is 15.4 Å². The summed E-state index contributed by atoms with van der Waals surface area (Å²) in [4.78, 5) is 16.4. The summed E-state index contributed by atoms with van der Waals surface area (Å²) in [6.07, 6.45) is -8.49. The van der Waals surface area contributed by atoms with Gasteiger partial charge in [0, 0.05) is 37.5 Å². The summed E-state index contributed by atoms with van der Waals surface area (Å²) in [7, 11) is -3.82. The monoisotopic (exact) mass is 516 g/mol. The zero-order valence-corrected chi connectivity index (χ0v) is 18.4. The number of sulfone groups is 1. The minimum absolute atomic E-state index is 0.0959. The van der Waals surface area contributed by atoms with Crippen molar-refractivity contribution in [1.82, 2.24) is 14.8 Å². The number of rotatable bonds is 6. The molecule has 2 aromatic heterocycles. The van der Waals surface area contributed by atoms with Crippen LogP contribution in [-0.4, -0.2) is 41.3 Å². The van der Waals surface area contributed by atoms with Gasteiger partial charge in [-0.2, -0.15) is 18.3 Å². The Bertz CT molecular complexity index is 1170. The van der Waals surface area contributed by atoms with Crippen LogP contribution in [0.25, 0.3) is 0 Å². The first-order chi connectivity index (χ1) is 15.6. The molecule has 1 saturated carbocycles. The number of carbonyl (C=O) groups is 1. The highest BCUT2D eigenvalue weighted by Crippen LogP contribution is 2.41. The van der Waals surface area contributed by atoms with Gasteiger partial charge < -0.3 is 5.32 Å². The van der Waals surface area contributed by atoms with E-state index in [1.165, 1.54) is 0 Å². The Labute approximate surface area is 189 Å². The predicted molar refractivity (Wildman–Crippen MR) is 104 cm³/mol. The maximum Gasteiger partial charge on any atom is 0.420 e. The van der Waals surface area contributed by atoms with E-state index < -0.39 is 81.6 Å². The predicted octanol–water partition coefficient (Wildman–Crippen LogP) is 4.72. The van der Waals surface area contributed by atoms with Crippen LogP contribution in [0, 0.1) is 5.92 Å². The van der Waals surface area contributed by atoms with Crippen molar-refractivity contribution in [2.45, 2.75) is 55.8 Å². The number of carbonyl (C=O) groups excluding carboxylic acids is 1. The van der Waals surface area contributed by atoms with Gasteiger partial charge in [-0.25, -0.2) is 31.0 Å². The van der Waals surface area contributed by atoms with Gasteiger partial charge in [-0.1, -0.05) is 0 Å². The molecule has 15 heteroatoms. The molecule has 1 aliphatic rings. The van der Waals surface area contributed by atoms with Crippen molar-refractivity contribution in [2.24, 2.45) is 5.92 Å². The molecule has 0 bridgehead atoms. The Morgan fingerprint density at radius 2 is 1.88 bits per heavy atom. The Morgan fingerprint density at radius 3 is 2.41 bits per heavy atom. The lowest BCUT2D eigenvalue weighted by atomic mass is 9.87. The van der Waals surface area contributed by atoms with E-state index in [-0.39, 0.29) is 18.5 Å². The Balaban J connectivity index is 2.02. The van der Waals surface area contributed by atoms with Crippen LogP contribution in [0.4, 0.5) is 36.4 Å². The summed E-state index contributed by atoms with van der Waals surface area (Å²) in [6.45, 7) is -0.459. The van der Waals surface area contributed by atoms with Crippen LogP contribution in [0.2, 0.25) is 0 Å². The van der Waals surface area contributed by atoms with Crippen LogP contribution in [0.1, 0.15) is 53.9 Å². The van der Waals surface area contributed by atoms with E-state index in [0.717, 1.165) is 24.6 Å². The van der Waals surface area contributed by atoms with Gasteiger partial charge in [-0.15, -0.1) is 0 Å². The molecule has 0 unspecified atom stereocenters. The molecule has 0 radical (unpaired) electrons. The smallest absolute Gasteiger partial charge is 0.320 e. The molecule has 188 valence electrons. The molecule has 3 rings (SSSR count). The first kappa shape index (κ1) is 25.9. The van der Waals surface area contributed by atoms with Crippen LogP contribution in [0.5, 0.6) is 0 Å². The molecule has 2 heterocycles. The van der Waals surface area contributed by atoms with E-state index in [0.29, 0.717) is 4.68 Å². The average Bonchev–Trinajstić information content (AvgIpc) is 3.09. The van der Waals surface area contributed by atoms with Gasteiger partial charge in [0.1, 0.15) is 17.0 Å². The molecule has 0 saturated heterocycles. The third kappa shape index (κ3) is 5.85. The SMILES string of the molecule is CS(=O)(=O)c1cc(NC(=O)c2c(C(F)(F)F)c(C(F)F)nn2CC2CCC(F)(F)CC2)ccn1. The number of alkyl halides is 7. The van der Waals surface area contributed by atoms with Crippen molar-refractivity contribution in [2.75, 3.05) is 11.6 Å². The second-order valence-electron chi connectivity index (χ2n) is 8.00. The summed E-state index contributed by atoms with van der Waals surface area (Å²) in [5, 5.41) is 4.89. The van der Waals surface area contributed by atoms with Crippen molar-refractivity contribution >= 4 is 21.4 Å². The zero-order valence-electron chi connectivity index (χ0n) is 17.5. The molecular formula is C19H19F7N4O3S. The second kappa shape index (κ2) is 9.15. The molecule has 1 aliphatic carbocycles. The third-order valence-electron chi connectivity index (χ3n) is 5.33. The number of hydrogen-bond acceptors (Lipinski definition) is 5. The van der Waals surface area contributed by atoms with Gasteiger partial charge in [0.2, 0.25) is 5.92 Å². The first-order valence-corrected chi connectivity index (χ1v) is 11.8. The van der Waals surface area contributed by atoms with Crippen LogP contribution >= 0.6 is 0 Å². The molecule has 0 atom stereocenters. The number of amides is 1. The van der Waals surface area contributed by atoms with E-state index in [9.17, 15) is 43.9 Å². The van der Waals surface area contributed by atoms with Crippen molar-refractivity contribution in [3.63, 3.8) is 0 Å². The molecule has 2 aromatic rings. The number of anilines is 1. The Morgan fingerprint density at radius 1 is 1.26 bits per heavy atom. The fraction of sp³-hybridized carbons (Fsp3) is 0.526. The molecule has 0 aromatic carbocycles. The number of pyridine rings is 1. The lowest BCUT2D eigenvalue weighted by Crippen LogP contribution is -2.29. The largest absolute Gasteiger partial charge is 0.420 e. The summed E-state index contributed by atoms with van der Waals surface area (Å²) >= 11 is 0. The van der Waals surface area contributed by atoms with Gasteiger partial charge in [-0.3, -0.25) is 9.48 Å². The highest BCUT2D eigenvalue weighted by Gasteiger charge is 2.45. The maximum absolute atomic E-state index is 13.7. The van der Waals surface area contributed by atoms with Gasteiger partial charge in [-0.05, 0) is 30.9 Å². The highest BCUT2D eigenvalue weighted by atomic mass is 32.2. The van der Waals surface area contributed by atoms with Crippen molar-refractivity contribution < 1.29 is 43.9 Å². The van der Waals surface area contributed by atoms with Gasteiger partial charge in [0.15, 0.2) is 14.9 Å². The van der Waals surface area contributed by atoms with Crippen LogP contribution in [0.3, 0.4) is 0 Å². The van der Waals surface area contributed by atoms with Crippen LogP contribution < -0.4 is 5.32 Å². The van der Waals surface area contributed by atoms with E-state index in [4.69, 9.17) is 0 Å². The molecule has 1 N–H and O–H groups in total. The van der Waals surface area contributed by atoms with Crippen LogP contribution in [-0.2, 0) is 22.6 Å². The second-order valence-corrected chi connectivity index (χ2v) is 9.96. The molecule has 0 spiro atoms. The number of aromatic nitrogens is 3. The van der Waals surface area contributed by atoms with Gasteiger partial charge in [0.05, 0.1) is 0 Å². The lowest BCUT2D eigenvalue weighted by Gasteiger charge is -2.28. The van der Waals surface area contributed by atoms with Gasteiger partial charge in [0.25, 0.3) is 12.3 Å². The zero-order chi connectivity index (χ0) is 25.5. The molecular weight excluding hydrogens is 497 g/mol. The minimum Gasteiger partial charge on any atom is -0.320 e. The van der Waals surface area contributed by atoms with Crippen molar-refractivity contribution in [3.05, 3.63) is 35.3 Å². The quantitative estimate of drug-likeness (QED) is 0.561. The minimum atomic E-state index is -5.38. The standard InChI is InChI=1S/C19H19F7N4O3S/c1-34(32,33)12-8-11(4-7-27-12)28-17(31)15-13(19(24,25)26)14(16(20)21)29-30(15)9-10-2-5-18(22,23)6-3-10/h4,7-8,10,16H,2-3,5-6,9H2,1H3,(H,27,28,31). The Kier molecular flexibility index (Phi) is 6.97. The Hall–Kier alpha value is -2.71. The maximum atomic E-state index is 13.7. The number of nitrogens with one attached hydrogen (secondary N) is 1. The summed E-state index contributed by atoms with van der Waals surface area (Å²) in [5.74, 6) is -5.01. The molecule has 34 heavy (non-hydrogen) atoms. The summed E-state index contributed by atoms with van der Waals surface area (Å²) < 4.78 is 119. The molecule has 7 nitrogen and oxygen atoms in total. The summed E-state index contributed by atoms with van der Waals surface area (Å²) in [6, 6.07) is 1.98.